The summed E-state index contributed by atoms with van der Waals surface area (Å²) in [5.74, 6) is 4.88. The number of benzene rings is 1. The first-order chi connectivity index (χ1) is 15.2. The van der Waals surface area contributed by atoms with Crippen molar-refractivity contribution in [1.29, 1.82) is 0 Å². The summed E-state index contributed by atoms with van der Waals surface area (Å²) in [7, 11) is 0. The molecule has 1 nitrogen and oxygen atoms in total. The monoisotopic (exact) mass is 449 g/mol. The average Bonchev–Trinajstić information content (AvgIpc) is 2.78. The van der Waals surface area contributed by atoms with E-state index in [1.54, 1.807) is 0 Å². The third kappa shape index (κ3) is 15.1. The van der Waals surface area contributed by atoms with E-state index in [2.05, 4.69) is 79.7 Å². The number of rotatable bonds is 0. The second-order valence-corrected chi connectivity index (χ2v) is 11.7. The quantitative estimate of drug-likeness (QED) is 0.382. The normalized spacial score (nSPS) is 32.1. The lowest BCUT2D eigenvalue weighted by Crippen LogP contribution is -2.21. The summed E-state index contributed by atoms with van der Waals surface area (Å²) >= 11 is 0. The van der Waals surface area contributed by atoms with E-state index in [4.69, 9.17) is 4.74 Å². The summed E-state index contributed by atoms with van der Waals surface area (Å²) in [6.07, 6.45) is 14.9. The molecule has 3 fully saturated rings. The van der Waals surface area contributed by atoms with E-state index < -0.39 is 0 Å². The maximum Gasteiger partial charge on any atom is 0.0547 e. The molecule has 1 saturated heterocycles. The molecular weight excluding hydrogens is 388 g/mol. The minimum atomic E-state index is 0. The largest absolute Gasteiger partial charge is 0.378 e. The number of hydrogen-bond acceptors (Lipinski definition) is 1. The Morgan fingerprint density at radius 2 is 0.812 bits per heavy atom. The highest BCUT2D eigenvalue weighted by molar-refractivity contribution is 5.19. The fourth-order valence-corrected chi connectivity index (χ4v) is 4.50. The maximum absolute atomic E-state index is 5.39. The molecule has 3 aliphatic rings. The van der Waals surface area contributed by atoms with Gasteiger partial charge < -0.3 is 4.74 Å². The zero-order valence-electron chi connectivity index (χ0n) is 23.0. The van der Waals surface area contributed by atoms with Crippen LogP contribution in [-0.4, -0.2) is 12.7 Å². The van der Waals surface area contributed by atoms with Gasteiger partial charge in [0.15, 0.2) is 0 Å². The van der Waals surface area contributed by atoms with Crippen molar-refractivity contribution in [2.24, 2.45) is 29.6 Å². The molecule has 1 heterocycles. The van der Waals surface area contributed by atoms with Crippen LogP contribution in [0.5, 0.6) is 0 Å². The molecule has 190 valence electrons. The minimum absolute atomic E-state index is 0. The number of ether oxygens (including phenoxy) is 1. The van der Waals surface area contributed by atoms with Gasteiger partial charge in [-0.05, 0) is 63.2 Å². The highest BCUT2D eigenvalue weighted by Gasteiger charge is 2.14. The molecule has 2 aliphatic carbocycles. The minimum Gasteiger partial charge on any atom is -0.378 e. The van der Waals surface area contributed by atoms with Crippen LogP contribution < -0.4 is 0 Å². The van der Waals surface area contributed by atoms with Crippen molar-refractivity contribution in [3.63, 3.8) is 0 Å². The molecule has 1 aromatic carbocycles. The van der Waals surface area contributed by atoms with Crippen LogP contribution in [0.3, 0.4) is 0 Å². The molecule has 1 aromatic rings. The zero-order chi connectivity index (χ0) is 23.9. The molecule has 2 unspecified atom stereocenters. The molecule has 0 N–H and O–H groups in total. The lowest BCUT2D eigenvalue weighted by atomic mass is 9.84. The van der Waals surface area contributed by atoms with E-state index in [1.165, 1.54) is 75.3 Å². The van der Waals surface area contributed by atoms with Crippen LogP contribution in [0, 0.1) is 43.4 Å². The van der Waals surface area contributed by atoms with Gasteiger partial charge in [0.25, 0.3) is 0 Å². The van der Waals surface area contributed by atoms with Crippen molar-refractivity contribution in [3.05, 3.63) is 35.4 Å². The van der Waals surface area contributed by atoms with Gasteiger partial charge in [-0.15, -0.1) is 0 Å². The van der Waals surface area contributed by atoms with Crippen LogP contribution in [0.15, 0.2) is 24.3 Å². The molecular formula is C31H60O. The van der Waals surface area contributed by atoms with Gasteiger partial charge in [0.05, 0.1) is 6.10 Å². The van der Waals surface area contributed by atoms with Crippen LogP contribution >= 0.6 is 0 Å². The first-order valence-corrected chi connectivity index (χ1v) is 13.8. The standard InChI is InChI=1S/2C8H16.C8H10.C7H14O.2H2/c3*1-7-3-5-8(2)6-4-7;1-6-3-4-7(2)8-5-6;;/h2*7-8H,3-6H2,1-2H3;3-6H,1-2H3;6-7H,3-5H2,1-2H3;2*1H/i;;;;1+1;. The first kappa shape index (κ1) is 29.2. The lowest BCUT2D eigenvalue weighted by Gasteiger charge is -2.23. The van der Waals surface area contributed by atoms with E-state index in [0.29, 0.717) is 6.10 Å². The van der Waals surface area contributed by atoms with Gasteiger partial charge >= 0.3 is 0 Å². The van der Waals surface area contributed by atoms with E-state index in [-0.39, 0.29) is 2.85 Å². The Hall–Kier alpha value is -0.820. The van der Waals surface area contributed by atoms with Crippen LogP contribution in [-0.2, 0) is 4.74 Å². The third-order valence-electron chi connectivity index (χ3n) is 7.56. The molecule has 1 heteroatoms. The maximum atomic E-state index is 5.39. The van der Waals surface area contributed by atoms with Crippen LogP contribution in [0.25, 0.3) is 0 Å². The molecule has 2 atom stereocenters. The van der Waals surface area contributed by atoms with Crippen LogP contribution in [0.4, 0.5) is 0 Å². The number of hydrogen-bond donors (Lipinski definition) is 0. The van der Waals surface area contributed by atoms with Crippen molar-refractivity contribution in [2.45, 2.75) is 126 Å². The lowest BCUT2D eigenvalue weighted by molar-refractivity contribution is 0.000267. The molecule has 1 aliphatic heterocycles. The Morgan fingerprint density at radius 3 is 1.03 bits per heavy atom. The predicted octanol–water partition coefficient (Wildman–Crippen LogP) is 10.3. The van der Waals surface area contributed by atoms with Gasteiger partial charge in [0.1, 0.15) is 0 Å². The van der Waals surface area contributed by atoms with Crippen molar-refractivity contribution in [2.75, 3.05) is 6.61 Å². The summed E-state index contributed by atoms with van der Waals surface area (Å²) in [6.45, 7) is 19.0. The van der Waals surface area contributed by atoms with Crippen LogP contribution in [0.1, 0.15) is 120 Å². The summed E-state index contributed by atoms with van der Waals surface area (Å²) in [4.78, 5) is 0. The second kappa shape index (κ2) is 16.7. The Kier molecular flexibility index (Phi) is 15.3. The molecule has 32 heavy (non-hydrogen) atoms. The SMILES string of the molecule is CC1CCC(C)CC1.CC1CCC(C)CC1.CC1CCC(C)OC1.Cc1ccc(C)cc1.[2HH].[HH]. The second-order valence-electron chi connectivity index (χ2n) is 11.7. The molecule has 2 saturated carbocycles. The van der Waals surface area contributed by atoms with Crippen LogP contribution in [0.2, 0.25) is 0 Å². The zero-order valence-corrected chi connectivity index (χ0v) is 23.0. The van der Waals surface area contributed by atoms with E-state index >= 15 is 0 Å². The van der Waals surface area contributed by atoms with E-state index in [9.17, 15) is 0 Å². The summed E-state index contributed by atoms with van der Waals surface area (Å²) in [5, 5.41) is 0. The Bertz CT molecular complexity index is 451. The van der Waals surface area contributed by atoms with Gasteiger partial charge in [0, 0.05) is 9.46 Å². The van der Waals surface area contributed by atoms with Crippen molar-refractivity contribution >= 4 is 0 Å². The first-order valence-electron chi connectivity index (χ1n) is 13.8. The smallest absolute Gasteiger partial charge is 0.0547 e. The van der Waals surface area contributed by atoms with Crippen molar-refractivity contribution in [3.8, 4) is 0 Å². The number of aryl methyl sites for hydroxylation is 2. The van der Waals surface area contributed by atoms with Gasteiger partial charge in [0.2, 0.25) is 0 Å². The van der Waals surface area contributed by atoms with Gasteiger partial charge in [-0.25, -0.2) is 0 Å². The Balaban J connectivity index is 0. The molecule has 0 bridgehead atoms. The van der Waals surface area contributed by atoms with E-state index in [0.717, 1.165) is 36.2 Å². The fraction of sp³-hybridized carbons (Fsp3) is 0.806. The highest BCUT2D eigenvalue weighted by Crippen LogP contribution is 2.28. The van der Waals surface area contributed by atoms with Crippen molar-refractivity contribution in [1.82, 2.24) is 0 Å². The Morgan fingerprint density at radius 1 is 0.531 bits per heavy atom. The molecule has 0 amide bonds. The topological polar surface area (TPSA) is 9.23 Å². The highest BCUT2D eigenvalue weighted by atomic mass is 16.5. The Labute approximate surface area is 205 Å². The van der Waals surface area contributed by atoms with Gasteiger partial charge in [-0.1, -0.05) is 121 Å². The predicted molar refractivity (Wildman–Crippen MR) is 148 cm³/mol. The average molecular weight is 450 g/mol. The van der Waals surface area contributed by atoms with E-state index in [1.807, 2.05) is 0 Å². The van der Waals surface area contributed by atoms with Gasteiger partial charge in [-0.2, -0.15) is 0 Å². The summed E-state index contributed by atoms with van der Waals surface area (Å²) < 4.78 is 5.39. The fourth-order valence-electron chi connectivity index (χ4n) is 4.50. The molecule has 4 rings (SSSR count). The summed E-state index contributed by atoms with van der Waals surface area (Å²) in [6, 6.07) is 8.48. The summed E-state index contributed by atoms with van der Waals surface area (Å²) in [5.41, 5.74) is 2.66. The van der Waals surface area contributed by atoms with Crippen molar-refractivity contribution < 1.29 is 7.59 Å². The third-order valence-corrected chi connectivity index (χ3v) is 7.56. The molecule has 0 spiro atoms. The molecule has 0 aromatic heterocycles. The molecule has 0 radical (unpaired) electrons. The van der Waals surface area contributed by atoms with Gasteiger partial charge in [-0.3, -0.25) is 0 Å².